The molecule has 0 aliphatic heterocycles. The fraction of sp³-hybridized carbons (Fsp3) is 0.105. The molecule has 3 aromatic rings. The first kappa shape index (κ1) is 18.1. The maximum atomic E-state index is 6.26. The lowest BCUT2D eigenvalue weighted by molar-refractivity contribution is 0.340. The van der Waals surface area contributed by atoms with Gasteiger partial charge in [0.05, 0.1) is 17.9 Å². The van der Waals surface area contributed by atoms with Gasteiger partial charge in [0.15, 0.2) is 5.82 Å². The van der Waals surface area contributed by atoms with Crippen molar-refractivity contribution in [2.45, 2.75) is 6.92 Å². The van der Waals surface area contributed by atoms with E-state index in [1.54, 1.807) is 0 Å². The molecule has 0 aliphatic carbocycles. The van der Waals surface area contributed by atoms with E-state index in [2.05, 4.69) is 15.3 Å². The number of rotatable bonds is 6. The first-order valence-electron chi connectivity index (χ1n) is 8.04. The Morgan fingerprint density at radius 1 is 1.27 bits per heavy atom. The number of allylic oxidation sites excluding steroid dienone is 1. The molecule has 0 bridgehead atoms. The number of benzene rings is 2. The Morgan fingerprint density at radius 2 is 2.08 bits per heavy atom. The molecule has 0 atom stereocenters. The predicted octanol–water partition coefficient (Wildman–Crippen LogP) is 5.12. The summed E-state index contributed by atoms with van der Waals surface area (Å²) in [5.41, 5.74) is 1.83. The quantitative estimate of drug-likeness (QED) is 0.474. The number of hydrogen-bond donors (Lipinski definition) is 1. The fourth-order valence-corrected chi connectivity index (χ4v) is 2.68. The first-order valence-corrected chi connectivity index (χ1v) is 8.83. The molecule has 2 aromatic carbocycles. The van der Waals surface area contributed by atoms with Crippen LogP contribution in [-0.2, 0) is 0 Å². The Kier molecular flexibility index (Phi) is 5.99. The van der Waals surface area contributed by atoms with E-state index < -0.39 is 0 Å². The van der Waals surface area contributed by atoms with E-state index in [1.807, 2.05) is 67.6 Å². The topological polar surface area (TPSA) is 55.2 Å². The second-order valence-corrected chi connectivity index (χ2v) is 6.13. The van der Waals surface area contributed by atoms with Crippen LogP contribution < -0.4 is 4.74 Å². The summed E-state index contributed by atoms with van der Waals surface area (Å²) in [6.07, 6.45) is 3.36. The summed E-state index contributed by atoms with van der Waals surface area (Å²) in [5, 5.41) is 11.9. The Bertz CT molecular complexity index is 992. The molecular formula is C19H17ClN4OS. The van der Waals surface area contributed by atoms with Crippen molar-refractivity contribution in [3.63, 3.8) is 0 Å². The van der Waals surface area contributed by atoms with Crippen molar-refractivity contribution in [2.24, 2.45) is 5.10 Å². The third-order valence-corrected chi connectivity index (χ3v) is 3.93. The van der Waals surface area contributed by atoms with Crippen LogP contribution in [0, 0.1) is 4.77 Å². The summed E-state index contributed by atoms with van der Waals surface area (Å²) in [6.45, 7) is 2.53. The molecule has 0 spiro atoms. The summed E-state index contributed by atoms with van der Waals surface area (Å²) < 4.78 is 7.44. The lowest BCUT2D eigenvalue weighted by Crippen LogP contribution is -1.96. The van der Waals surface area contributed by atoms with E-state index in [0.29, 0.717) is 22.2 Å². The van der Waals surface area contributed by atoms with Gasteiger partial charge in [0.1, 0.15) is 5.75 Å². The Hall–Kier alpha value is -2.70. The van der Waals surface area contributed by atoms with E-state index >= 15 is 0 Å². The number of halogens is 1. The number of nitrogens with one attached hydrogen (secondary N) is 1. The van der Waals surface area contributed by atoms with Crippen molar-refractivity contribution < 1.29 is 4.74 Å². The van der Waals surface area contributed by atoms with Crippen LogP contribution in [0.15, 0.2) is 64.7 Å². The zero-order chi connectivity index (χ0) is 18.4. The van der Waals surface area contributed by atoms with Crippen LogP contribution in [0.4, 0.5) is 0 Å². The highest BCUT2D eigenvalue weighted by Gasteiger charge is 2.09. The van der Waals surface area contributed by atoms with Crippen LogP contribution in [0.2, 0.25) is 0 Å². The van der Waals surface area contributed by atoms with E-state index in [1.165, 1.54) is 10.9 Å². The number of nitrogens with zero attached hydrogens (tertiary/aromatic N) is 3. The van der Waals surface area contributed by atoms with Gasteiger partial charge in [0.25, 0.3) is 0 Å². The smallest absolute Gasteiger partial charge is 0.216 e. The Morgan fingerprint density at radius 3 is 2.85 bits per heavy atom. The molecule has 0 fully saturated rings. The second-order valence-electron chi connectivity index (χ2n) is 5.31. The molecule has 1 heterocycles. The van der Waals surface area contributed by atoms with E-state index in [0.717, 1.165) is 16.9 Å². The summed E-state index contributed by atoms with van der Waals surface area (Å²) in [4.78, 5) is 0. The lowest BCUT2D eigenvalue weighted by atomic mass is 10.2. The van der Waals surface area contributed by atoms with Gasteiger partial charge >= 0.3 is 0 Å². The van der Waals surface area contributed by atoms with Crippen LogP contribution in [0.25, 0.3) is 17.5 Å². The van der Waals surface area contributed by atoms with Gasteiger partial charge in [-0.3, -0.25) is 0 Å². The molecule has 132 valence electrons. The van der Waals surface area contributed by atoms with Crippen LogP contribution in [0.5, 0.6) is 5.75 Å². The Balaban J connectivity index is 1.90. The summed E-state index contributed by atoms with van der Waals surface area (Å²) in [5.74, 6) is 1.34. The molecule has 1 N–H and O–H groups in total. The van der Waals surface area contributed by atoms with Gasteiger partial charge in [-0.05, 0) is 42.9 Å². The minimum atomic E-state index is 0.377. The highest BCUT2D eigenvalue weighted by atomic mass is 35.5. The normalized spacial score (nSPS) is 11.8. The van der Waals surface area contributed by atoms with Gasteiger partial charge in [0.2, 0.25) is 4.77 Å². The number of aromatic amines is 1. The lowest BCUT2D eigenvalue weighted by Gasteiger charge is -2.05. The van der Waals surface area contributed by atoms with Crippen LogP contribution >= 0.6 is 23.8 Å². The number of H-pyrrole nitrogens is 1. The number of ether oxygens (including phenoxy) is 1. The van der Waals surface area contributed by atoms with Gasteiger partial charge < -0.3 is 4.74 Å². The SMILES string of the molecule is CCOc1cccc(-c2n[nH]c(=S)n2N=CC(Cl)=Cc2ccccc2)c1. The van der Waals surface area contributed by atoms with Crippen molar-refractivity contribution in [1.82, 2.24) is 14.9 Å². The zero-order valence-corrected chi connectivity index (χ0v) is 15.7. The van der Waals surface area contributed by atoms with E-state index in [-0.39, 0.29) is 0 Å². The van der Waals surface area contributed by atoms with E-state index in [4.69, 9.17) is 28.6 Å². The molecule has 0 amide bonds. The van der Waals surface area contributed by atoms with Crippen LogP contribution in [0.3, 0.4) is 0 Å². The van der Waals surface area contributed by atoms with Gasteiger partial charge in [0, 0.05) is 5.56 Å². The second kappa shape index (κ2) is 8.60. The molecule has 1 aromatic heterocycles. The highest BCUT2D eigenvalue weighted by molar-refractivity contribution is 7.71. The minimum Gasteiger partial charge on any atom is -0.494 e. The third-order valence-electron chi connectivity index (χ3n) is 3.45. The summed E-state index contributed by atoms with van der Waals surface area (Å²) in [7, 11) is 0. The number of aromatic nitrogens is 3. The van der Waals surface area contributed by atoms with E-state index in [9.17, 15) is 0 Å². The monoisotopic (exact) mass is 384 g/mol. The van der Waals surface area contributed by atoms with Gasteiger partial charge in [-0.15, -0.1) is 0 Å². The molecule has 0 saturated carbocycles. The third kappa shape index (κ3) is 4.47. The van der Waals surface area contributed by atoms with Crippen molar-refractivity contribution in [3.8, 4) is 17.1 Å². The standard InChI is InChI=1S/C19H17ClN4OS/c1-2-25-17-10-6-9-15(12-17)18-22-23-19(26)24(18)21-13-16(20)11-14-7-4-3-5-8-14/h3-13H,2H2,1H3,(H,23,26). The maximum absolute atomic E-state index is 6.26. The molecule has 0 aliphatic rings. The average Bonchev–Trinajstić information content (AvgIpc) is 3.02. The molecule has 0 radical (unpaired) electrons. The maximum Gasteiger partial charge on any atom is 0.216 e. The van der Waals surface area contributed by atoms with Crippen LogP contribution in [-0.4, -0.2) is 27.7 Å². The molecule has 7 heteroatoms. The number of hydrogen-bond acceptors (Lipinski definition) is 4. The molecule has 0 unspecified atom stereocenters. The molecule has 0 saturated heterocycles. The van der Waals surface area contributed by atoms with Crippen LogP contribution in [0.1, 0.15) is 12.5 Å². The summed E-state index contributed by atoms with van der Waals surface area (Å²) >= 11 is 11.5. The first-order chi connectivity index (χ1) is 12.7. The largest absolute Gasteiger partial charge is 0.494 e. The van der Waals surface area contributed by atoms with Crippen molar-refractivity contribution in [1.29, 1.82) is 0 Å². The fourth-order valence-electron chi connectivity index (χ4n) is 2.34. The van der Waals surface area contributed by atoms with Gasteiger partial charge in [-0.1, -0.05) is 54.1 Å². The van der Waals surface area contributed by atoms with Crippen molar-refractivity contribution >= 4 is 36.1 Å². The summed E-state index contributed by atoms with van der Waals surface area (Å²) in [6, 6.07) is 17.4. The van der Waals surface area contributed by atoms with Gasteiger partial charge in [-0.25, -0.2) is 5.10 Å². The Labute approximate surface area is 161 Å². The molecule has 3 rings (SSSR count). The van der Waals surface area contributed by atoms with Gasteiger partial charge in [-0.2, -0.15) is 14.9 Å². The average molecular weight is 385 g/mol. The highest BCUT2D eigenvalue weighted by Crippen LogP contribution is 2.22. The zero-order valence-electron chi connectivity index (χ0n) is 14.1. The van der Waals surface area contributed by atoms with Crippen molar-refractivity contribution in [3.05, 3.63) is 70.0 Å². The van der Waals surface area contributed by atoms with Crippen molar-refractivity contribution in [2.75, 3.05) is 6.61 Å². The predicted molar refractivity (Wildman–Crippen MR) is 108 cm³/mol. The molecular weight excluding hydrogens is 368 g/mol. The molecule has 26 heavy (non-hydrogen) atoms. The minimum absolute atomic E-state index is 0.377. The molecule has 5 nitrogen and oxygen atoms in total.